The summed E-state index contributed by atoms with van der Waals surface area (Å²) in [4.78, 5) is 13.6. The number of ether oxygens (including phenoxy) is 2. The van der Waals surface area contributed by atoms with Crippen molar-refractivity contribution >= 4 is 17.7 Å². The van der Waals surface area contributed by atoms with Crippen LogP contribution in [-0.2, 0) is 4.79 Å². The highest BCUT2D eigenvalue weighted by Gasteiger charge is 2.19. The molecule has 0 aliphatic carbocycles. The van der Waals surface area contributed by atoms with Crippen LogP contribution in [0, 0.1) is 13.8 Å². The number of rotatable bonds is 7. The van der Waals surface area contributed by atoms with E-state index in [1.807, 2.05) is 32.0 Å². The molecule has 140 valence electrons. The van der Waals surface area contributed by atoms with Crippen LogP contribution in [0.3, 0.4) is 0 Å². The van der Waals surface area contributed by atoms with E-state index in [0.717, 1.165) is 10.5 Å². The predicted octanol–water partition coefficient (Wildman–Crippen LogP) is 4.68. The van der Waals surface area contributed by atoms with Gasteiger partial charge in [0.15, 0.2) is 11.5 Å². The zero-order valence-corrected chi connectivity index (χ0v) is 17.1. The van der Waals surface area contributed by atoms with E-state index < -0.39 is 0 Å². The zero-order valence-electron chi connectivity index (χ0n) is 16.3. The molecule has 0 bridgehead atoms. The van der Waals surface area contributed by atoms with E-state index >= 15 is 0 Å². The number of nitrogens with one attached hydrogen (secondary N) is 1. The van der Waals surface area contributed by atoms with Gasteiger partial charge < -0.3 is 14.8 Å². The van der Waals surface area contributed by atoms with Crippen molar-refractivity contribution in [1.29, 1.82) is 0 Å². The Balaban J connectivity index is 2.04. The van der Waals surface area contributed by atoms with E-state index in [0.29, 0.717) is 11.5 Å². The van der Waals surface area contributed by atoms with Gasteiger partial charge in [0.25, 0.3) is 0 Å². The fourth-order valence-electron chi connectivity index (χ4n) is 2.78. The molecular formula is C21H27NO3S. The van der Waals surface area contributed by atoms with E-state index in [4.69, 9.17) is 9.47 Å². The van der Waals surface area contributed by atoms with Crippen molar-refractivity contribution in [2.75, 3.05) is 14.2 Å². The molecule has 0 aliphatic rings. The molecular weight excluding hydrogens is 346 g/mol. The van der Waals surface area contributed by atoms with Crippen LogP contribution in [0.15, 0.2) is 41.3 Å². The number of aryl methyl sites for hydroxylation is 2. The number of benzene rings is 2. The van der Waals surface area contributed by atoms with Crippen LogP contribution in [0.4, 0.5) is 0 Å². The van der Waals surface area contributed by atoms with Crippen molar-refractivity contribution in [3.05, 3.63) is 53.1 Å². The third kappa shape index (κ3) is 4.94. The number of hydrogen-bond acceptors (Lipinski definition) is 4. The van der Waals surface area contributed by atoms with Gasteiger partial charge in [-0.25, -0.2) is 0 Å². The molecule has 2 aromatic rings. The summed E-state index contributed by atoms with van der Waals surface area (Å²) in [5.41, 5.74) is 3.53. The molecule has 2 rings (SSSR count). The first-order valence-electron chi connectivity index (χ1n) is 8.62. The van der Waals surface area contributed by atoms with Crippen LogP contribution in [0.5, 0.6) is 11.5 Å². The van der Waals surface area contributed by atoms with Gasteiger partial charge in [-0.1, -0.05) is 23.8 Å². The Hall–Kier alpha value is -2.14. The third-order valence-corrected chi connectivity index (χ3v) is 5.39. The number of methoxy groups -OCH3 is 2. The summed E-state index contributed by atoms with van der Waals surface area (Å²) < 4.78 is 10.6. The zero-order chi connectivity index (χ0) is 19.3. The minimum absolute atomic E-state index is 0.0122. The first-order valence-corrected chi connectivity index (χ1v) is 9.50. The molecule has 0 saturated carbocycles. The summed E-state index contributed by atoms with van der Waals surface area (Å²) in [6, 6.07) is 12.0. The Morgan fingerprint density at radius 2 is 1.69 bits per heavy atom. The van der Waals surface area contributed by atoms with Gasteiger partial charge in [0.05, 0.1) is 25.5 Å². The van der Waals surface area contributed by atoms with Gasteiger partial charge in [-0.15, -0.1) is 11.8 Å². The number of thioether (sulfide) groups is 1. The Morgan fingerprint density at radius 3 is 2.35 bits per heavy atom. The van der Waals surface area contributed by atoms with Crippen LogP contribution >= 0.6 is 11.8 Å². The monoisotopic (exact) mass is 373 g/mol. The van der Waals surface area contributed by atoms with Crippen molar-refractivity contribution in [2.24, 2.45) is 0 Å². The van der Waals surface area contributed by atoms with Gasteiger partial charge in [-0.05, 0) is 57.0 Å². The van der Waals surface area contributed by atoms with Crippen molar-refractivity contribution in [2.45, 2.75) is 43.9 Å². The highest BCUT2D eigenvalue weighted by Crippen LogP contribution is 2.33. The van der Waals surface area contributed by atoms with Gasteiger partial charge in [0.2, 0.25) is 5.91 Å². The lowest BCUT2D eigenvalue weighted by Crippen LogP contribution is -2.33. The first-order chi connectivity index (χ1) is 12.3. The second-order valence-electron chi connectivity index (χ2n) is 6.37. The third-order valence-electron chi connectivity index (χ3n) is 4.30. The lowest BCUT2D eigenvalue weighted by Gasteiger charge is -2.20. The van der Waals surface area contributed by atoms with E-state index in [9.17, 15) is 4.79 Å². The Kier molecular flexibility index (Phi) is 6.98. The van der Waals surface area contributed by atoms with E-state index in [-0.39, 0.29) is 17.2 Å². The molecule has 1 amide bonds. The molecule has 4 nitrogen and oxygen atoms in total. The summed E-state index contributed by atoms with van der Waals surface area (Å²) in [5.74, 6) is 1.35. The average molecular weight is 374 g/mol. The number of carbonyl (C=O) groups excluding carboxylic acids is 1. The van der Waals surface area contributed by atoms with Gasteiger partial charge in [-0.2, -0.15) is 0 Å². The molecule has 0 radical (unpaired) electrons. The van der Waals surface area contributed by atoms with Gasteiger partial charge >= 0.3 is 0 Å². The Bertz CT molecular complexity index is 776. The summed E-state index contributed by atoms with van der Waals surface area (Å²) >= 11 is 1.50. The molecule has 2 aromatic carbocycles. The maximum absolute atomic E-state index is 12.6. The van der Waals surface area contributed by atoms with Crippen molar-refractivity contribution < 1.29 is 14.3 Å². The quantitative estimate of drug-likeness (QED) is 0.716. The summed E-state index contributed by atoms with van der Waals surface area (Å²) in [6.45, 7) is 8.06. The van der Waals surface area contributed by atoms with Gasteiger partial charge in [0.1, 0.15) is 0 Å². The van der Waals surface area contributed by atoms with E-state index in [1.165, 1.54) is 22.9 Å². The number of amides is 1. The topological polar surface area (TPSA) is 47.6 Å². The van der Waals surface area contributed by atoms with Crippen LogP contribution in [0.25, 0.3) is 0 Å². The lowest BCUT2D eigenvalue weighted by molar-refractivity contribution is -0.120. The average Bonchev–Trinajstić information content (AvgIpc) is 2.63. The Labute approximate surface area is 160 Å². The van der Waals surface area contributed by atoms with Crippen molar-refractivity contribution in [1.82, 2.24) is 5.32 Å². The number of hydrogen-bond donors (Lipinski definition) is 1. The van der Waals surface area contributed by atoms with Crippen molar-refractivity contribution in [3.63, 3.8) is 0 Å². The van der Waals surface area contributed by atoms with E-state index in [2.05, 4.69) is 37.4 Å². The molecule has 0 aliphatic heterocycles. The van der Waals surface area contributed by atoms with Crippen LogP contribution < -0.4 is 14.8 Å². The molecule has 0 spiro atoms. The largest absolute Gasteiger partial charge is 0.493 e. The van der Waals surface area contributed by atoms with Gasteiger partial charge in [-0.3, -0.25) is 4.79 Å². The highest BCUT2D eigenvalue weighted by molar-refractivity contribution is 8.00. The molecule has 26 heavy (non-hydrogen) atoms. The predicted molar refractivity (Wildman–Crippen MR) is 107 cm³/mol. The maximum atomic E-state index is 12.6. The molecule has 0 heterocycles. The van der Waals surface area contributed by atoms with Crippen LogP contribution in [0.1, 0.15) is 36.6 Å². The normalized spacial score (nSPS) is 13.0. The molecule has 0 fully saturated rings. The Morgan fingerprint density at radius 1 is 1.00 bits per heavy atom. The standard InChI is InChI=1S/C21H27NO3S/c1-13-7-8-14(2)18(11-13)15(3)22-21(23)16(4)26-17-9-10-19(24-5)20(12-17)25-6/h7-12,15-16H,1-6H3,(H,22,23)/t15-,16-/m1/s1. The molecule has 0 saturated heterocycles. The molecule has 2 atom stereocenters. The first kappa shape index (κ1) is 20.2. The van der Waals surface area contributed by atoms with Gasteiger partial charge in [0, 0.05) is 4.90 Å². The fourth-order valence-corrected chi connectivity index (χ4v) is 3.69. The summed E-state index contributed by atoms with van der Waals surface area (Å²) in [5, 5.41) is 2.90. The molecule has 5 heteroatoms. The van der Waals surface area contributed by atoms with Crippen LogP contribution in [-0.4, -0.2) is 25.4 Å². The summed E-state index contributed by atoms with van der Waals surface area (Å²) in [7, 11) is 3.21. The molecule has 0 unspecified atom stereocenters. The molecule has 1 N–H and O–H groups in total. The van der Waals surface area contributed by atoms with Crippen molar-refractivity contribution in [3.8, 4) is 11.5 Å². The highest BCUT2D eigenvalue weighted by atomic mass is 32.2. The summed E-state index contributed by atoms with van der Waals surface area (Å²) in [6.07, 6.45) is 0. The molecule has 0 aromatic heterocycles. The second-order valence-corrected chi connectivity index (χ2v) is 7.78. The van der Waals surface area contributed by atoms with Crippen LogP contribution in [0.2, 0.25) is 0 Å². The SMILES string of the molecule is COc1ccc(S[C@H](C)C(=O)N[C@H](C)c2cc(C)ccc2C)cc1OC. The maximum Gasteiger partial charge on any atom is 0.233 e. The number of carbonyl (C=O) groups is 1. The minimum atomic E-state index is -0.222. The smallest absolute Gasteiger partial charge is 0.233 e. The van der Waals surface area contributed by atoms with E-state index in [1.54, 1.807) is 14.2 Å². The second kappa shape index (κ2) is 8.99. The fraction of sp³-hybridized carbons (Fsp3) is 0.381. The lowest BCUT2D eigenvalue weighted by atomic mass is 10.00. The minimum Gasteiger partial charge on any atom is -0.493 e.